The van der Waals surface area contributed by atoms with Crippen molar-refractivity contribution in [2.45, 2.75) is 57.8 Å². The smallest absolute Gasteiger partial charge is 0.411 e. The second kappa shape index (κ2) is 5.87. The normalized spacial score (nSPS) is 25.7. The van der Waals surface area contributed by atoms with Crippen LogP contribution in [0.4, 0.5) is 4.79 Å². The zero-order valence-corrected chi connectivity index (χ0v) is 13.9. The van der Waals surface area contributed by atoms with Gasteiger partial charge in [-0.05, 0) is 45.1 Å². The Bertz CT molecular complexity index is 594. The van der Waals surface area contributed by atoms with Crippen molar-refractivity contribution < 1.29 is 14.3 Å². The molecule has 2 amide bonds. The van der Waals surface area contributed by atoms with Gasteiger partial charge in [-0.15, -0.1) is 0 Å². The fourth-order valence-corrected chi connectivity index (χ4v) is 3.17. The Morgan fingerprint density at radius 2 is 1.91 bits per heavy atom. The van der Waals surface area contributed by atoms with Crippen LogP contribution < -0.4 is 5.32 Å². The standard InChI is InChI=1S/C18H24N2O3/c1-18(2,3)23-17(22)20-14-9-13(14)10-15(20)16(21)19-11-12-7-5-4-6-8-12/h4-8,13-15H,9-11H2,1-3H3,(H,19,21)/t13-,14-,15+/m1/s1. The van der Waals surface area contributed by atoms with Crippen LogP contribution in [0.15, 0.2) is 30.3 Å². The Kier molecular flexibility index (Phi) is 4.04. The molecule has 0 aromatic heterocycles. The maximum Gasteiger partial charge on any atom is 0.411 e. The third kappa shape index (κ3) is 3.66. The monoisotopic (exact) mass is 316 g/mol. The summed E-state index contributed by atoms with van der Waals surface area (Å²) < 4.78 is 5.47. The molecule has 1 saturated heterocycles. The van der Waals surface area contributed by atoms with Crippen molar-refractivity contribution in [1.82, 2.24) is 10.2 Å². The van der Waals surface area contributed by atoms with Crippen LogP contribution in [0.1, 0.15) is 39.2 Å². The number of nitrogens with one attached hydrogen (secondary N) is 1. The SMILES string of the molecule is CC(C)(C)OC(=O)N1[C@@H]2C[C@@H]2C[C@H]1C(=O)NCc1ccccc1. The molecule has 1 N–H and O–H groups in total. The van der Waals surface area contributed by atoms with Crippen LogP contribution in [0.5, 0.6) is 0 Å². The molecule has 2 fully saturated rings. The van der Waals surface area contributed by atoms with E-state index in [2.05, 4.69) is 5.32 Å². The van der Waals surface area contributed by atoms with Gasteiger partial charge in [-0.3, -0.25) is 9.69 Å². The van der Waals surface area contributed by atoms with Gasteiger partial charge in [-0.2, -0.15) is 0 Å². The average molecular weight is 316 g/mol. The van der Waals surface area contributed by atoms with E-state index in [1.807, 2.05) is 51.1 Å². The van der Waals surface area contributed by atoms with Gasteiger partial charge in [0.05, 0.1) is 0 Å². The second-order valence-electron chi connectivity index (χ2n) is 7.41. The summed E-state index contributed by atoms with van der Waals surface area (Å²) in [6, 6.07) is 9.55. The third-order valence-corrected chi connectivity index (χ3v) is 4.32. The van der Waals surface area contributed by atoms with Crippen molar-refractivity contribution in [2.75, 3.05) is 0 Å². The van der Waals surface area contributed by atoms with Gasteiger partial charge in [-0.25, -0.2) is 4.79 Å². The summed E-state index contributed by atoms with van der Waals surface area (Å²) >= 11 is 0. The van der Waals surface area contributed by atoms with Gasteiger partial charge in [0.1, 0.15) is 11.6 Å². The van der Waals surface area contributed by atoms with Crippen LogP contribution in [-0.2, 0) is 16.1 Å². The Morgan fingerprint density at radius 3 is 2.57 bits per heavy atom. The number of hydrogen-bond acceptors (Lipinski definition) is 3. The number of benzene rings is 1. The van der Waals surface area contributed by atoms with Crippen LogP contribution in [0.2, 0.25) is 0 Å². The molecule has 5 nitrogen and oxygen atoms in total. The lowest BCUT2D eigenvalue weighted by molar-refractivity contribution is -0.126. The Morgan fingerprint density at radius 1 is 1.22 bits per heavy atom. The molecule has 124 valence electrons. The van der Waals surface area contributed by atoms with Gasteiger partial charge >= 0.3 is 6.09 Å². The first-order valence-electron chi connectivity index (χ1n) is 8.18. The molecule has 1 aliphatic heterocycles. The zero-order valence-electron chi connectivity index (χ0n) is 13.9. The number of hydrogen-bond donors (Lipinski definition) is 1. The van der Waals surface area contributed by atoms with E-state index < -0.39 is 11.6 Å². The van der Waals surface area contributed by atoms with Crippen molar-refractivity contribution >= 4 is 12.0 Å². The van der Waals surface area contributed by atoms with E-state index in [9.17, 15) is 9.59 Å². The minimum atomic E-state index is -0.547. The molecule has 0 spiro atoms. The summed E-state index contributed by atoms with van der Waals surface area (Å²) in [7, 11) is 0. The number of piperidine rings is 1. The van der Waals surface area contributed by atoms with E-state index in [0.29, 0.717) is 12.5 Å². The quantitative estimate of drug-likeness (QED) is 0.933. The number of likely N-dealkylation sites (tertiary alicyclic amines) is 1. The minimum Gasteiger partial charge on any atom is -0.444 e. The molecule has 5 heteroatoms. The average Bonchev–Trinajstić information content (AvgIpc) is 3.14. The molecule has 0 radical (unpaired) electrons. The molecule has 3 atom stereocenters. The number of ether oxygens (including phenoxy) is 1. The van der Waals surface area contributed by atoms with E-state index in [1.54, 1.807) is 4.90 Å². The molecule has 23 heavy (non-hydrogen) atoms. The van der Waals surface area contributed by atoms with Crippen LogP contribution in [0, 0.1) is 5.92 Å². The molecule has 1 heterocycles. The van der Waals surface area contributed by atoms with Gasteiger partial charge in [0, 0.05) is 12.6 Å². The molecule has 1 aromatic rings. The molecule has 1 aromatic carbocycles. The summed E-state index contributed by atoms with van der Waals surface area (Å²) in [5.74, 6) is 0.363. The third-order valence-electron chi connectivity index (χ3n) is 4.32. The molecule has 2 aliphatic rings. The van der Waals surface area contributed by atoms with Crippen LogP contribution >= 0.6 is 0 Å². The highest BCUT2D eigenvalue weighted by atomic mass is 16.6. The highest BCUT2D eigenvalue weighted by Crippen LogP contribution is 2.48. The van der Waals surface area contributed by atoms with Crippen molar-refractivity contribution in [2.24, 2.45) is 5.92 Å². The predicted octanol–water partition coefficient (Wildman–Crippen LogP) is 2.70. The number of fused-ring (bicyclic) bond motifs is 1. The lowest BCUT2D eigenvalue weighted by atomic mass is 10.1. The van der Waals surface area contributed by atoms with Crippen molar-refractivity contribution in [3.05, 3.63) is 35.9 Å². The first-order valence-corrected chi connectivity index (χ1v) is 8.18. The van der Waals surface area contributed by atoms with E-state index in [1.165, 1.54) is 0 Å². The van der Waals surface area contributed by atoms with Gasteiger partial charge in [-0.1, -0.05) is 30.3 Å². The van der Waals surface area contributed by atoms with E-state index in [0.717, 1.165) is 18.4 Å². The summed E-state index contributed by atoms with van der Waals surface area (Å²) in [6.07, 6.45) is 1.36. The molecular formula is C18H24N2O3. The summed E-state index contributed by atoms with van der Waals surface area (Å²) in [4.78, 5) is 26.6. The zero-order chi connectivity index (χ0) is 16.6. The first-order chi connectivity index (χ1) is 10.8. The van der Waals surface area contributed by atoms with Gasteiger partial charge in [0.15, 0.2) is 0 Å². The van der Waals surface area contributed by atoms with E-state index >= 15 is 0 Å². The van der Waals surface area contributed by atoms with Crippen molar-refractivity contribution in [1.29, 1.82) is 0 Å². The maximum absolute atomic E-state index is 12.5. The lowest BCUT2D eigenvalue weighted by Crippen LogP contribution is -2.49. The van der Waals surface area contributed by atoms with Crippen LogP contribution in [0.25, 0.3) is 0 Å². The highest BCUT2D eigenvalue weighted by Gasteiger charge is 2.57. The molecular weight excluding hydrogens is 292 g/mol. The van der Waals surface area contributed by atoms with Crippen LogP contribution in [-0.4, -0.2) is 34.6 Å². The van der Waals surface area contributed by atoms with Gasteiger partial charge in [0.25, 0.3) is 0 Å². The molecule has 1 saturated carbocycles. The fourth-order valence-electron chi connectivity index (χ4n) is 3.17. The van der Waals surface area contributed by atoms with E-state index in [-0.39, 0.29) is 18.0 Å². The predicted molar refractivity (Wildman–Crippen MR) is 86.7 cm³/mol. The Balaban J connectivity index is 1.62. The van der Waals surface area contributed by atoms with Crippen molar-refractivity contribution in [3.8, 4) is 0 Å². The maximum atomic E-state index is 12.5. The minimum absolute atomic E-state index is 0.0908. The first kappa shape index (κ1) is 15.8. The van der Waals surface area contributed by atoms with Crippen molar-refractivity contribution in [3.63, 3.8) is 0 Å². The number of carbonyl (C=O) groups excluding carboxylic acids is 2. The number of carbonyl (C=O) groups is 2. The Labute approximate surface area is 137 Å². The largest absolute Gasteiger partial charge is 0.444 e. The number of amides is 2. The lowest BCUT2D eigenvalue weighted by Gasteiger charge is -2.29. The number of rotatable bonds is 3. The summed E-state index contributed by atoms with van der Waals surface area (Å²) in [5.41, 5.74) is 0.502. The van der Waals surface area contributed by atoms with Gasteiger partial charge < -0.3 is 10.1 Å². The Hall–Kier alpha value is -2.04. The summed E-state index contributed by atoms with van der Waals surface area (Å²) in [6.45, 7) is 6.01. The molecule has 3 rings (SSSR count). The molecule has 1 aliphatic carbocycles. The summed E-state index contributed by atoms with van der Waals surface area (Å²) in [5, 5.41) is 2.94. The molecule has 0 unspecified atom stereocenters. The van der Waals surface area contributed by atoms with Gasteiger partial charge in [0.2, 0.25) is 5.91 Å². The number of nitrogens with zero attached hydrogens (tertiary/aromatic N) is 1. The highest BCUT2D eigenvalue weighted by molar-refractivity contribution is 5.87. The fraction of sp³-hybridized carbons (Fsp3) is 0.556. The second-order valence-corrected chi connectivity index (χ2v) is 7.41. The van der Waals surface area contributed by atoms with E-state index in [4.69, 9.17) is 4.74 Å². The molecule has 0 bridgehead atoms. The van der Waals surface area contributed by atoms with Crippen LogP contribution in [0.3, 0.4) is 0 Å². The topological polar surface area (TPSA) is 58.6 Å².